The summed E-state index contributed by atoms with van der Waals surface area (Å²) in [7, 11) is 1.70. The van der Waals surface area contributed by atoms with Gasteiger partial charge in [-0.25, -0.2) is 9.37 Å². The van der Waals surface area contributed by atoms with Gasteiger partial charge in [0.15, 0.2) is 0 Å². The summed E-state index contributed by atoms with van der Waals surface area (Å²) >= 11 is 0. The zero-order chi connectivity index (χ0) is 18.3. The first-order valence-electron chi connectivity index (χ1n) is 9.07. The van der Waals surface area contributed by atoms with Gasteiger partial charge < -0.3 is 0 Å². The van der Waals surface area contributed by atoms with Crippen LogP contribution < -0.4 is 0 Å². The van der Waals surface area contributed by atoms with Crippen LogP contribution in [-0.4, -0.2) is 81.1 Å². The molecular weight excluding hydrogens is 320 g/mol. The van der Waals surface area contributed by atoms with Gasteiger partial charge in [-0.3, -0.25) is 14.6 Å². The smallest absolute Gasteiger partial charge is 0.270 e. The molecule has 3 rings (SSSR count). The average Bonchev–Trinajstić information content (AvgIpc) is 2.99. The molecule has 0 N–H and O–H groups in total. The number of carbonyl (C=O) groups is 2. The SMILES string of the molecule is CCCCN1C(=O)C2C(=NC3=[N+]2C(C)C(C)=NN3CCC)N(C)C1=O. The van der Waals surface area contributed by atoms with Crippen LogP contribution in [0.2, 0.25) is 0 Å². The van der Waals surface area contributed by atoms with Crippen LogP contribution in [0.15, 0.2) is 10.1 Å². The van der Waals surface area contributed by atoms with Crippen LogP contribution in [-0.2, 0) is 4.79 Å². The number of hydrogen-bond acceptors (Lipinski definition) is 5. The third kappa shape index (κ3) is 2.63. The standard InChI is InChI=1S/C17H27N6O2/c1-6-8-10-21-15(24)13-14(20(5)17(21)25)18-16-22(9-7-2)19-11(3)12(4)23(13)16/h12-13H,6-10H2,1-5H3/q+1. The molecule has 8 nitrogen and oxygen atoms in total. The van der Waals surface area contributed by atoms with Crippen LogP contribution in [0.5, 0.6) is 0 Å². The normalized spacial score (nSPS) is 26.0. The minimum Gasteiger partial charge on any atom is -0.270 e. The Hall–Kier alpha value is -2.25. The molecule has 1 saturated heterocycles. The van der Waals surface area contributed by atoms with E-state index in [1.165, 1.54) is 9.80 Å². The zero-order valence-electron chi connectivity index (χ0n) is 15.7. The van der Waals surface area contributed by atoms with Gasteiger partial charge in [0.1, 0.15) is 6.04 Å². The van der Waals surface area contributed by atoms with Gasteiger partial charge in [0.25, 0.3) is 5.91 Å². The summed E-state index contributed by atoms with van der Waals surface area (Å²) in [4.78, 5) is 33.3. The number of urea groups is 1. The Bertz CT molecular complexity index is 695. The summed E-state index contributed by atoms with van der Waals surface area (Å²) in [6, 6.07) is -0.872. The third-order valence-corrected chi connectivity index (χ3v) is 5.03. The molecule has 1 fully saturated rings. The van der Waals surface area contributed by atoms with Gasteiger partial charge in [0.2, 0.25) is 11.9 Å². The minimum atomic E-state index is -0.547. The van der Waals surface area contributed by atoms with Crippen LogP contribution in [0.25, 0.3) is 0 Å². The first kappa shape index (κ1) is 17.6. The molecule has 0 aromatic rings. The number of amides is 3. The van der Waals surface area contributed by atoms with Crippen molar-refractivity contribution in [2.75, 3.05) is 20.1 Å². The van der Waals surface area contributed by atoms with Crippen molar-refractivity contribution in [3.63, 3.8) is 0 Å². The number of hydrogen-bond donors (Lipinski definition) is 0. The van der Waals surface area contributed by atoms with Crippen molar-refractivity contribution >= 4 is 29.4 Å². The molecule has 25 heavy (non-hydrogen) atoms. The highest BCUT2D eigenvalue weighted by Gasteiger charge is 2.55. The molecule has 0 aromatic heterocycles. The topological polar surface area (TPSA) is 71.6 Å². The van der Waals surface area contributed by atoms with E-state index >= 15 is 0 Å². The van der Waals surface area contributed by atoms with Crippen molar-refractivity contribution in [1.82, 2.24) is 14.8 Å². The number of nitrogens with zero attached hydrogens (tertiary/aromatic N) is 6. The number of imide groups is 1. The molecule has 2 atom stereocenters. The van der Waals surface area contributed by atoms with Crippen molar-refractivity contribution in [3.8, 4) is 0 Å². The van der Waals surface area contributed by atoms with E-state index in [0.29, 0.717) is 18.3 Å². The van der Waals surface area contributed by atoms with Gasteiger partial charge in [-0.2, -0.15) is 0 Å². The lowest BCUT2D eigenvalue weighted by Crippen LogP contribution is -2.64. The minimum absolute atomic E-state index is 0.0343. The molecule has 8 heteroatoms. The van der Waals surface area contributed by atoms with Crippen molar-refractivity contribution in [2.45, 2.75) is 59.0 Å². The summed E-state index contributed by atoms with van der Waals surface area (Å²) in [6.45, 7) is 9.30. The van der Waals surface area contributed by atoms with E-state index in [9.17, 15) is 9.59 Å². The lowest BCUT2D eigenvalue weighted by Gasteiger charge is -2.35. The second kappa shape index (κ2) is 6.57. The number of fused-ring (bicyclic) bond motifs is 2. The monoisotopic (exact) mass is 347 g/mol. The molecule has 0 spiro atoms. The van der Waals surface area contributed by atoms with Crippen molar-refractivity contribution in [3.05, 3.63) is 0 Å². The molecule has 0 saturated carbocycles. The van der Waals surface area contributed by atoms with Gasteiger partial charge in [-0.05, 0) is 26.7 Å². The summed E-state index contributed by atoms with van der Waals surface area (Å²) in [6.07, 6.45) is 2.66. The van der Waals surface area contributed by atoms with E-state index in [0.717, 1.165) is 31.5 Å². The Morgan fingerprint density at radius 3 is 2.52 bits per heavy atom. The number of guanidine groups is 1. The summed E-state index contributed by atoms with van der Waals surface area (Å²) in [5.74, 6) is 1.00. The number of carbonyl (C=O) groups excluding carboxylic acids is 2. The van der Waals surface area contributed by atoms with E-state index in [2.05, 4.69) is 17.0 Å². The predicted octanol–water partition coefficient (Wildman–Crippen LogP) is 1.32. The number of likely N-dealkylation sites (N-methyl/N-ethyl adjacent to an activating group) is 1. The van der Waals surface area contributed by atoms with E-state index in [-0.39, 0.29) is 18.0 Å². The van der Waals surface area contributed by atoms with Gasteiger partial charge in [-0.15, -0.1) is 10.1 Å². The third-order valence-electron chi connectivity index (χ3n) is 5.03. The molecule has 0 bridgehead atoms. The Morgan fingerprint density at radius 1 is 1.16 bits per heavy atom. The van der Waals surface area contributed by atoms with Gasteiger partial charge >= 0.3 is 12.0 Å². The number of rotatable bonds is 5. The lowest BCUT2D eigenvalue weighted by molar-refractivity contribution is -0.559. The largest absolute Gasteiger partial charge is 0.416 e. The summed E-state index contributed by atoms with van der Waals surface area (Å²) in [5.41, 5.74) is 0.945. The highest BCUT2D eigenvalue weighted by atomic mass is 16.2. The van der Waals surface area contributed by atoms with Crippen molar-refractivity contribution in [1.29, 1.82) is 0 Å². The molecule has 3 amide bonds. The fraction of sp³-hybridized carbons (Fsp3) is 0.706. The Balaban J connectivity index is 2.02. The second-order valence-electron chi connectivity index (χ2n) is 6.81. The van der Waals surface area contributed by atoms with Crippen LogP contribution in [0.3, 0.4) is 0 Å². The van der Waals surface area contributed by atoms with E-state index < -0.39 is 6.04 Å². The number of aliphatic imine (C=N–C) groups is 1. The van der Waals surface area contributed by atoms with E-state index in [4.69, 9.17) is 0 Å². The first-order valence-corrected chi connectivity index (χ1v) is 9.07. The van der Waals surface area contributed by atoms with E-state index in [1.807, 2.05) is 30.4 Å². The fourth-order valence-electron chi connectivity index (χ4n) is 3.46. The molecule has 0 aromatic carbocycles. The van der Waals surface area contributed by atoms with Crippen LogP contribution in [0.1, 0.15) is 47.0 Å². The lowest BCUT2D eigenvalue weighted by atomic mass is 10.1. The maximum atomic E-state index is 13.1. The fourth-order valence-corrected chi connectivity index (χ4v) is 3.46. The maximum Gasteiger partial charge on any atom is 0.416 e. The predicted molar refractivity (Wildman–Crippen MR) is 95.8 cm³/mol. The second-order valence-corrected chi connectivity index (χ2v) is 6.81. The van der Waals surface area contributed by atoms with Crippen LogP contribution >= 0.6 is 0 Å². The Morgan fingerprint density at radius 2 is 1.88 bits per heavy atom. The number of amidine groups is 1. The number of hydrazone groups is 1. The van der Waals surface area contributed by atoms with Gasteiger partial charge in [0, 0.05) is 13.6 Å². The Kier molecular flexibility index (Phi) is 4.62. The maximum absolute atomic E-state index is 13.1. The van der Waals surface area contributed by atoms with Crippen molar-refractivity contribution in [2.24, 2.45) is 10.1 Å². The first-order chi connectivity index (χ1) is 11.9. The highest BCUT2D eigenvalue weighted by molar-refractivity contribution is 6.23. The Labute approximate surface area is 148 Å². The quantitative estimate of drug-likeness (QED) is 0.704. The van der Waals surface area contributed by atoms with Gasteiger partial charge in [0.05, 0.1) is 12.3 Å². The molecular formula is C17H27N6O2+. The number of unbranched alkanes of at least 4 members (excludes halogenated alkanes) is 1. The zero-order valence-corrected chi connectivity index (χ0v) is 15.7. The van der Waals surface area contributed by atoms with Crippen LogP contribution in [0.4, 0.5) is 4.79 Å². The highest BCUT2D eigenvalue weighted by Crippen LogP contribution is 2.25. The van der Waals surface area contributed by atoms with Crippen LogP contribution in [0, 0.1) is 0 Å². The van der Waals surface area contributed by atoms with E-state index in [1.54, 1.807) is 7.05 Å². The van der Waals surface area contributed by atoms with Gasteiger partial charge in [-0.1, -0.05) is 25.3 Å². The molecule has 0 aliphatic carbocycles. The molecule has 3 aliphatic heterocycles. The molecule has 2 unspecified atom stereocenters. The molecule has 3 heterocycles. The van der Waals surface area contributed by atoms with Crippen molar-refractivity contribution < 1.29 is 14.2 Å². The summed E-state index contributed by atoms with van der Waals surface area (Å²) in [5, 5.41) is 6.48. The molecule has 3 aliphatic rings. The molecule has 0 radical (unpaired) electrons. The molecule has 136 valence electrons. The average molecular weight is 347 g/mol. The summed E-state index contributed by atoms with van der Waals surface area (Å²) < 4.78 is 2.01.